The Labute approximate surface area is 176 Å². The molecule has 0 radical (unpaired) electrons. The molecule has 0 aliphatic heterocycles. The van der Waals surface area contributed by atoms with E-state index < -0.39 is 5.97 Å². The zero-order valence-corrected chi connectivity index (χ0v) is 18.3. The van der Waals surface area contributed by atoms with Crippen molar-refractivity contribution in [1.29, 1.82) is 0 Å². The SMILES string of the molecule is CCOC(=O)c1cc(CC)sc1NC(=O)CSc1nnc(-c2ccoc2C)n1C. The van der Waals surface area contributed by atoms with Crippen molar-refractivity contribution >= 4 is 40.0 Å². The predicted molar refractivity (Wildman–Crippen MR) is 112 cm³/mol. The van der Waals surface area contributed by atoms with Gasteiger partial charge in [0.1, 0.15) is 10.8 Å². The van der Waals surface area contributed by atoms with Crippen LogP contribution in [0.5, 0.6) is 0 Å². The number of carbonyl (C=O) groups is 2. The van der Waals surface area contributed by atoms with Crippen LogP contribution in [-0.2, 0) is 23.0 Å². The van der Waals surface area contributed by atoms with Crippen molar-refractivity contribution in [3.63, 3.8) is 0 Å². The van der Waals surface area contributed by atoms with Crippen molar-refractivity contribution in [3.8, 4) is 11.4 Å². The van der Waals surface area contributed by atoms with Crippen LogP contribution in [0.1, 0.15) is 34.8 Å². The van der Waals surface area contributed by atoms with E-state index in [1.54, 1.807) is 19.3 Å². The highest BCUT2D eigenvalue weighted by molar-refractivity contribution is 7.99. The highest BCUT2D eigenvalue weighted by Crippen LogP contribution is 2.30. The number of rotatable bonds is 8. The summed E-state index contributed by atoms with van der Waals surface area (Å²) in [5.41, 5.74) is 1.25. The van der Waals surface area contributed by atoms with Gasteiger partial charge >= 0.3 is 5.97 Å². The Hall–Kier alpha value is -2.59. The summed E-state index contributed by atoms with van der Waals surface area (Å²) in [6.45, 7) is 5.89. The zero-order valence-electron chi connectivity index (χ0n) is 16.6. The molecule has 0 aliphatic carbocycles. The summed E-state index contributed by atoms with van der Waals surface area (Å²) < 4.78 is 12.2. The topological polar surface area (TPSA) is 99.2 Å². The van der Waals surface area contributed by atoms with Crippen LogP contribution in [0, 0.1) is 6.92 Å². The van der Waals surface area contributed by atoms with Crippen molar-refractivity contribution in [3.05, 3.63) is 34.6 Å². The maximum Gasteiger partial charge on any atom is 0.341 e. The third kappa shape index (κ3) is 4.70. The van der Waals surface area contributed by atoms with Gasteiger partial charge in [0.2, 0.25) is 5.91 Å². The first-order valence-electron chi connectivity index (χ1n) is 9.10. The van der Waals surface area contributed by atoms with Crippen molar-refractivity contribution < 1.29 is 18.7 Å². The number of nitrogens with one attached hydrogen (secondary N) is 1. The van der Waals surface area contributed by atoms with E-state index in [1.807, 2.05) is 31.5 Å². The fourth-order valence-corrected chi connectivity index (χ4v) is 4.37. The van der Waals surface area contributed by atoms with E-state index in [4.69, 9.17) is 9.15 Å². The second-order valence-corrected chi connectivity index (χ2v) is 8.20. The minimum atomic E-state index is -0.431. The minimum Gasteiger partial charge on any atom is -0.469 e. The van der Waals surface area contributed by atoms with Gasteiger partial charge in [0, 0.05) is 11.9 Å². The summed E-state index contributed by atoms with van der Waals surface area (Å²) in [5.74, 6) is 0.909. The predicted octanol–water partition coefficient (Wildman–Crippen LogP) is 3.91. The van der Waals surface area contributed by atoms with E-state index in [-0.39, 0.29) is 18.3 Å². The highest BCUT2D eigenvalue weighted by Gasteiger charge is 2.20. The molecule has 1 N–H and O–H groups in total. The number of amides is 1. The average Bonchev–Trinajstić information content (AvgIpc) is 3.39. The van der Waals surface area contributed by atoms with Gasteiger partial charge in [0.15, 0.2) is 11.0 Å². The van der Waals surface area contributed by atoms with Crippen LogP contribution < -0.4 is 5.32 Å². The molecule has 0 saturated carbocycles. The minimum absolute atomic E-state index is 0.137. The smallest absolute Gasteiger partial charge is 0.341 e. The standard InChI is InChI=1S/C19H22N4O4S2/c1-5-12-9-14(18(25)26-6-2)17(29-12)20-15(24)10-28-19-22-21-16(23(19)4)13-7-8-27-11(13)3/h7-9H,5-6,10H2,1-4H3,(H,20,24). The van der Waals surface area contributed by atoms with E-state index in [9.17, 15) is 9.59 Å². The van der Waals surface area contributed by atoms with E-state index in [1.165, 1.54) is 23.1 Å². The first-order chi connectivity index (χ1) is 13.9. The number of hydrogen-bond donors (Lipinski definition) is 1. The molecule has 0 bridgehead atoms. The van der Waals surface area contributed by atoms with Crippen molar-refractivity contribution in [2.75, 3.05) is 17.7 Å². The third-order valence-corrected chi connectivity index (χ3v) is 6.36. The number of thiophene rings is 1. The van der Waals surface area contributed by atoms with Gasteiger partial charge in [-0.2, -0.15) is 0 Å². The molecule has 8 nitrogen and oxygen atoms in total. The first kappa shape index (κ1) is 21.1. The summed E-state index contributed by atoms with van der Waals surface area (Å²) in [6, 6.07) is 3.60. The van der Waals surface area contributed by atoms with Crippen LogP contribution in [0.3, 0.4) is 0 Å². The fraction of sp³-hybridized carbons (Fsp3) is 0.368. The van der Waals surface area contributed by atoms with Gasteiger partial charge in [-0.1, -0.05) is 18.7 Å². The molecule has 1 amide bonds. The van der Waals surface area contributed by atoms with E-state index >= 15 is 0 Å². The van der Waals surface area contributed by atoms with E-state index in [2.05, 4.69) is 15.5 Å². The summed E-state index contributed by atoms with van der Waals surface area (Å²) >= 11 is 2.66. The lowest BCUT2D eigenvalue weighted by atomic mass is 10.2. The van der Waals surface area contributed by atoms with Gasteiger partial charge in [-0.15, -0.1) is 21.5 Å². The van der Waals surface area contributed by atoms with Crippen LogP contribution in [0.2, 0.25) is 0 Å². The Kier molecular flexibility index (Phi) is 6.75. The Balaban J connectivity index is 1.67. The average molecular weight is 435 g/mol. The summed E-state index contributed by atoms with van der Waals surface area (Å²) in [4.78, 5) is 25.6. The number of carbonyl (C=O) groups excluding carboxylic acids is 2. The van der Waals surface area contributed by atoms with Crippen LogP contribution in [0.15, 0.2) is 28.0 Å². The number of anilines is 1. The van der Waals surface area contributed by atoms with Crippen molar-refractivity contribution in [1.82, 2.24) is 14.8 Å². The molecule has 0 aliphatic rings. The van der Waals surface area contributed by atoms with Gasteiger partial charge in [0.05, 0.1) is 29.7 Å². The molecule has 10 heteroatoms. The van der Waals surface area contributed by atoms with Crippen LogP contribution in [0.4, 0.5) is 5.00 Å². The number of hydrogen-bond acceptors (Lipinski definition) is 8. The Morgan fingerprint density at radius 3 is 2.79 bits per heavy atom. The number of thioether (sulfide) groups is 1. The maximum absolute atomic E-state index is 12.5. The summed E-state index contributed by atoms with van der Waals surface area (Å²) in [7, 11) is 1.84. The third-order valence-electron chi connectivity index (χ3n) is 4.15. The maximum atomic E-state index is 12.5. The van der Waals surface area contributed by atoms with Crippen LogP contribution in [0.25, 0.3) is 11.4 Å². The monoisotopic (exact) mass is 434 g/mol. The molecule has 0 aromatic carbocycles. The molecule has 3 heterocycles. The Morgan fingerprint density at radius 2 is 2.14 bits per heavy atom. The second-order valence-electron chi connectivity index (χ2n) is 6.12. The van der Waals surface area contributed by atoms with Gasteiger partial charge in [-0.25, -0.2) is 4.79 Å². The van der Waals surface area contributed by atoms with E-state index in [0.717, 1.165) is 22.6 Å². The summed E-state index contributed by atoms with van der Waals surface area (Å²) in [5, 5.41) is 12.3. The number of aromatic nitrogens is 3. The molecule has 3 rings (SSSR count). The highest BCUT2D eigenvalue weighted by atomic mass is 32.2. The number of ether oxygens (including phenoxy) is 1. The normalized spacial score (nSPS) is 10.9. The lowest BCUT2D eigenvalue weighted by Gasteiger charge is -2.06. The Morgan fingerprint density at radius 1 is 1.34 bits per heavy atom. The quantitative estimate of drug-likeness (QED) is 0.424. The lowest BCUT2D eigenvalue weighted by molar-refractivity contribution is -0.113. The summed E-state index contributed by atoms with van der Waals surface area (Å²) in [6.07, 6.45) is 2.38. The number of furan rings is 1. The molecule has 0 saturated heterocycles. The number of esters is 1. The molecule has 154 valence electrons. The van der Waals surface area contributed by atoms with Gasteiger partial charge in [-0.05, 0) is 32.4 Å². The molecule has 3 aromatic rings. The van der Waals surface area contributed by atoms with Crippen molar-refractivity contribution in [2.24, 2.45) is 7.05 Å². The Bertz CT molecular complexity index is 1020. The first-order valence-corrected chi connectivity index (χ1v) is 10.9. The molecular weight excluding hydrogens is 412 g/mol. The molecular formula is C19H22N4O4S2. The number of nitrogens with zero attached hydrogens (tertiary/aromatic N) is 3. The molecule has 3 aromatic heterocycles. The molecule has 29 heavy (non-hydrogen) atoms. The molecule has 0 fully saturated rings. The van der Waals surface area contributed by atoms with Gasteiger partial charge in [-0.3, -0.25) is 4.79 Å². The number of aryl methyl sites for hydroxylation is 2. The fourth-order valence-electron chi connectivity index (χ4n) is 2.65. The van der Waals surface area contributed by atoms with Gasteiger partial charge < -0.3 is 19.0 Å². The largest absolute Gasteiger partial charge is 0.469 e. The van der Waals surface area contributed by atoms with Crippen molar-refractivity contribution in [2.45, 2.75) is 32.3 Å². The zero-order chi connectivity index (χ0) is 21.0. The second kappa shape index (κ2) is 9.27. The van der Waals surface area contributed by atoms with E-state index in [0.29, 0.717) is 21.5 Å². The lowest BCUT2D eigenvalue weighted by Crippen LogP contribution is -2.16. The van der Waals surface area contributed by atoms with Gasteiger partial charge in [0.25, 0.3) is 0 Å². The molecule has 0 atom stereocenters. The van der Waals surface area contributed by atoms with Crippen LogP contribution in [-0.4, -0.2) is 39.0 Å². The van der Waals surface area contributed by atoms with Crippen LogP contribution >= 0.6 is 23.1 Å². The molecule has 0 unspecified atom stereocenters. The molecule has 0 spiro atoms.